The molecule has 0 aromatic heterocycles. The molecule has 2 rings (SSSR count). The number of ether oxygens (including phenoxy) is 1. The van der Waals surface area contributed by atoms with Crippen molar-refractivity contribution in [3.8, 4) is 0 Å². The standard InChI is InChI=1S/C29H56O4Si3/c1-12-36(13-2,14-3)31-22-18-21-25(33-35(10,11)29(5,6)7)26-27(23(4)28(30)32-26)34(8,9)24-19-16-15-17-20-24/h15-17,19-20,23,25-28,30H,12-14,18,21-22H2,1-11H3/t23-,25-,26+,27-,28?/m1/s1. The maximum absolute atomic E-state index is 11.0. The summed E-state index contributed by atoms with van der Waals surface area (Å²) in [6.45, 7) is 26.3. The van der Waals surface area contributed by atoms with Crippen LogP contribution in [0.25, 0.3) is 0 Å². The van der Waals surface area contributed by atoms with Crippen molar-refractivity contribution in [3.63, 3.8) is 0 Å². The van der Waals surface area contributed by atoms with Crippen LogP contribution in [0.4, 0.5) is 0 Å². The molecule has 1 unspecified atom stereocenters. The summed E-state index contributed by atoms with van der Waals surface area (Å²) in [7, 11) is -5.61. The van der Waals surface area contributed by atoms with Crippen LogP contribution in [0.2, 0.25) is 54.9 Å². The van der Waals surface area contributed by atoms with Crippen molar-refractivity contribution in [2.24, 2.45) is 5.92 Å². The second-order valence-electron chi connectivity index (χ2n) is 13.1. The maximum atomic E-state index is 11.0. The lowest BCUT2D eigenvalue weighted by atomic mass is 10.00. The zero-order valence-corrected chi connectivity index (χ0v) is 28.2. The lowest BCUT2D eigenvalue weighted by Crippen LogP contribution is -2.55. The Balaban J connectivity index is 2.34. The van der Waals surface area contributed by atoms with Gasteiger partial charge in [0, 0.05) is 12.5 Å². The van der Waals surface area contributed by atoms with E-state index in [0.29, 0.717) is 0 Å². The summed E-state index contributed by atoms with van der Waals surface area (Å²) in [4.78, 5) is 0. The van der Waals surface area contributed by atoms with E-state index in [2.05, 4.69) is 105 Å². The van der Waals surface area contributed by atoms with E-state index >= 15 is 0 Å². The summed E-state index contributed by atoms with van der Waals surface area (Å²) < 4.78 is 20.2. The van der Waals surface area contributed by atoms with Crippen molar-refractivity contribution in [1.29, 1.82) is 0 Å². The highest BCUT2D eigenvalue weighted by Crippen LogP contribution is 2.47. The molecule has 1 saturated heterocycles. The first kappa shape index (κ1) is 31.9. The van der Waals surface area contributed by atoms with Crippen molar-refractivity contribution in [2.45, 2.75) is 135 Å². The van der Waals surface area contributed by atoms with Crippen LogP contribution in [0.1, 0.15) is 61.3 Å². The summed E-state index contributed by atoms with van der Waals surface area (Å²) >= 11 is 0. The van der Waals surface area contributed by atoms with Crippen molar-refractivity contribution in [3.05, 3.63) is 30.3 Å². The van der Waals surface area contributed by atoms with Crippen LogP contribution >= 0.6 is 0 Å². The van der Waals surface area contributed by atoms with Gasteiger partial charge in [-0.25, -0.2) is 0 Å². The lowest BCUT2D eigenvalue weighted by Gasteiger charge is -2.44. The fourth-order valence-electron chi connectivity index (χ4n) is 5.77. The second-order valence-corrected chi connectivity index (χ2v) is 27.3. The van der Waals surface area contributed by atoms with E-state index in [0.717, 1.165) is 19.4 Å². The van der Waals surface area contributed by atoms with Gasteiger partial charge < -0.3 is 18.7 Å². The molecule has 4 nitrogen and oxygen atoms in total. The van der Waals surface area contributed by atoms with Crippen LogP contribution in [0.5, 0.6) is 0 Å². The Hall–Kier alpha value is -0.289. The molecule has 1 N–H and O–H groups in total. The quantitative estimate of drug-likeness (QED) is 0.203. The Morgan fingerprint density at radius 1 is 0.972 bits per heavy atom. The molecule has 0 amide bonds. The molecule has 7 heteroatoms. The second kappa shape index (κ2) is 12.7. The minimum absolute atomic E-state index is 0.0319. The van der Waals surface area contributed by atoms with Gasteiger partial charge in [-0.1, -0.05) is 97.1 Å². The molecule has 1 aliphatic rings. The van der Waals surface area contributed by atoms with Gasteiger partial charge in [-0.2, -0.15) is 0 Å². The van der Waals surface area contributed by atoms with Crippen LogP contribution < -0.4 is 5.19 Å². The van der Waals surface area contributed by atoms with Gasteiger partial charge in [-0.3, -0.25) is 0 Å². The van der Waals surface area contributed by atoms with Gasteiger partial charge in [-0.05, 0) is 54.6 Å². The number of aliphatic hydroxyl groups is 1. The van der Waals surface area contributed by atoms with E-state index in [1.54, 1.807) is 0 Å². The molecular formula is C29H56O4Si3. The van der Waals surface area contributed by atoms with E-state index in [4.69, 9.17) is 13.6 Å². The third-order valence-electron chi connectivity index (χ3n) is 9.61. The number of aliphatic hydroxyl groups excluding tert-OH is 1. The predicted molar refractivity (Wildman–Crippen MR) is 162 cm³/mol. The third kappa shape index (κ3) is 7.21. The first-order valence-electron chi connectivity index (χ1n) is 14.4. The summed E-state index contributed by atoms with van der Waals surface area (Å²) in [6, 6.07) is 14.4. The zero-order chi connectivity index (χ0) is 27.4. The Morgan fingerprint density at radius 3 is 2.03 bits per heavy atom. The van der Waals surface area contributed by atoms with Gasteiger partial charge in [-0.15, -0.1) is 0 Å². The Bertz CT molecular complexity index is 781. The monoisotopic (exact) mass is 552 g/mol. The molecule has 0 bridgehead atoms. The molecule has 0 radical (unpaired) electrons. The average Bonchev–Trinajstić information content (AvgIpc) is 3.13. The highest BCUT2D eigenvalue weighted by molar-refractivity contribution is 6.91. The number of benzene rings is 1. The maximum Gasteiger partial charge on any atom is 0.192 e. The van der Waals surface area contributed by atoms with Crippen LogP contribution in [-0.4, -0.2) is 54.9 Å². The van der Waals surface area contributed by atoms with E-state index < -0.39 is 31.0 Å². The summed E-state index contributed by atoms with van der Waals surface area (Å²) in [5.74, 6) is 0.0824. The molecule has 0 saturated carbocycles. The van der Waals surface area contributed by atoms with Crippen LogP contribution in [-0.2, 0) is 13.6 Å². The van der Waals surface area contributed by atoms with Gasteiger partial charge >= 0.3 is 0 Å². The summed E-state index contributed by atoms with van der Waals surface area (Å²) in [5, 5.41) is 12.5. The van der Waals surface area contributed by atoms with Gasteiger partial charge in [0.15, 0.2) is 22.9 Å². The minimum atomic E-state index is -2.04. The summed E-state index contributed by atoms with van der Waals surface area (Å²) in [6.07, 6.45) is 1.01. The van der Waals surface area contributed by atoms with E-state index in [9.17, 15) is 5.11 Å². The van der Waals surface area contributed by atoms with Gasteiger partial charge in [0.1, 0.15) is 0 Å². The average molecular weight is 553 g/mol. The van der Waals surface area contributed by atoms with Crippen molar-refractivity contribution in [1.82, 2.24) is 0 Å². The SMILES string of the molecule is CC[Si](CC)(CC)OCCC[C@@H](O[Si](C)(C)C(C)(C)C)[C@@H]1OC(O)[C@H](C)[C@H]1[Si](C)(C)c1ccccc1. The van der Waals surface area contributed by atoms with Crippen molar-refractivity contribution < 1.29 is 18.7 Å². The van der Waals surface area contributed by atoms with E-state index in [1.165, 1.54) is 23.3 Å². The molecule has 1 aliphatic heterocycles. The molecule has 0 aliphatic carbocycles. The fraction of sp³-hybridized carbons (Fsp3) is 0.793. The first-order chi connectivity index (χ1) is 16.7. The topological polar surface area (TPSA) is 47.9 Å². The van der Waals surface area contributed by atoms with Gasteiger partial charge in [0.2, 0.25) is 0 Å². The smallest absolute Gasteiger partial charge is 0.192 e. The van der Waals surface area contributed by atoms with E-state index in [1.807, 2.05) is 0 Å². The number of rotatable bonds is 13. The number of hydrogen-bond acceptors (Lipinski definition) is 4. The lowest BCUT2D eigenvalue weighted by molar-refractivity contribution is -0.129. The minimum Gasteiger partial charge on any atom is -0.417 e. The molecule has 208 valence electrons. The first-order valence-corrected chi connectivity index (χ1v) is 22.9. The molecule has 1 aromatic carbocycles. The molecule has 1 heterocycles. The molecular weight excluding hydrogens is 497 g/mol. The zero-order valence-electron chi connectivity index (χ0n) is 25.2. The van der Waals surface area contributed by atoms with Crippen LogP contribution in [0.15, 0.2) is 30.3 Å². The molecule has 1 fully saturated rings. The molecule has 36 heavy (non-hydrogen) atoms. The van der Waals surface area contributed by atoms with E-state index in [-0.39, 0.29) is 28.7 Å². The highest BCUT2D eigenvalue weighted by atomic mass is 28.4. The van der Waals surface area contributed by atoms with Crippen LogP contribution in [0, 0.1) is 5.92 Å². The molecule has 1 aromatic rings. The normalized spacial score (nSPS) is 24.8. The van der Waals surface area contributed by atoms with Gasteiger partial charge in [0.05, 0.1) is 20.3 Å². The van der Waals surface area contributed by atoms with Gasteiger partial charge in [0.25, 0.3) is 0 Å². The summed E-state index contributed by atoms with van der Waals surface area (Å²) in [5.41, 5.74) is 0.279. The van der Waals surface area contributed by atoms with Crippen molar-refractivity contribution >= 4 is 29.9 Å². The Morgan fingerprint density at radius 2 is 1.53 bits per heavy atom. The Kier molecular flexibility index (Phi) is 11.3. The largest absolute Gasteiger partial charge is 0.417 e. The van der Waals surface area contributed by atoms with Crippen LogP contribution in [0.3, 0.4) is 0 Å². The highest BCUT2D eigenvalue weighted by Gasteiger charge is 2.54. The predicted octanol–water partition coefficient (Wildman–Crippen LogP) is 7.52. The fourth-order valence-corrected chi connectivity index (χ4v) is 13.9. The molecule has 5 atom stereocenters. The third-order valence-corrected chi connectivity index (χ3v) is 23.1. The number of hydrogen-bond donors (Lipinski definition) is 1. The van der Waals surface area contributed by atoms with Crippen molar-refractivity contribution in [2.75, 3.05) is 6.61 Å². The molecule has 0 spiro atoms. The Labute approximate surface area is 225 Å².